The first-order valence-electron chi connectivity index (χ1n) is 9.89. The van der Waals surface area contributed by atoms with Crippen LogP contribution in [0, 0.1) is 0 Å². The van der Waals surface area contributed by atoms with E-state index in [2.05, 4.69) is 14.9 Å². The van der Waals surface area contributed by atoms with E-state index in [1.54, 1.807) is 17.2 Å². The van der Waals surface area contributed by atoms with E-state index in [9.17, 15) is 18.0 Å². The van der Waals surface area contributed by atoms with Crippen LogP contribution in [-0.2, 0) is 14.8 Å². The van der Waals surface area contributed by atoms with E-state index in [-0.39, 0.29) is 28.4 Å². The van der Waals surface area contributed by atoms with Crippen LogP contribution < -0.4 is 4.72 Å². The number of benzene rings is 1. The van der Waals surface area contributed by atoms with Gasteiger partial charge in [-0.25, -0.2) is 13.2 Å². The highest BCUT2D eigenvalue weighted by Gasteiger charge is 2.26. The fraction of sp³-hybridized carbons (Fsp3) is 0.300. The first kappa shape index (κ1) is 22.0. The molecule has 168 valence electrons. The standard InChI is InChI=1S/C20H20N4O6S2/c1-2-29-20(26)13-5-7-15(8-6-13)23-32(27,28)16-11-14(12-31-16)17-21-18(30-22-17)19(25)24-9-3-4-10-24/h5-8,11-12,23H,2-4,9-10H2,1H3. The van der Waals surface area contributed by atoms with Crippen molar-refractivity contribution in [2.24, 2.45) is 0 Å². The molecule has 0 radical (unpaired) electrons. The van der Waals surface area contributed by atoms with Crippen molar-refractivity contribution in [1.29, 1.82) is 0 Å². The Bertz CT molecular complexity index is 1230. The largest absolute Gasteiger partial charge is 0.462 e. The molecule has 1 amide bonds. The number of carbonyl (C=O) groups is 2. The zero-order valence-electron chi connectivity index (χ0n) is 17.1. The lowest BCUT2D eigenvalue weighted by Gasteiger charge is -2.10. The third-order valence-electron chi connectivity index (χ3n) is 4.75. The molecular formula is C20H20N4O6S2. The van der Waals surface area contributed by atoms with E-state index < -0.39 is 16.0 Å². The lowest BCUT2D eigenvalue weighted by atomic mass is 10.2. The molecule has 10 nitrogen and oxygen atoms in total. The summed E-state index contributed by atoms with van der Waals surface area (Å²) in [4.78, 5) is 29.9. The van der Waals surface area contributed by atoms with Gasteiger partial charge in [0.2, 0.25) is 5.82 Å². The fourth-order valence-electron chi connectivity index (χ4n) is 3.15. The Morgan fingerprint density at radius 2 is 1.94 bits per heavy atom. The van der Waals surface area contributed by atoms with E-state index >= 15 is 0 Å². The summed E-state index contributed by atoms with van der Waals surface area (Å²) in [5.74, 6) is -0.772. The second-order valence-corrected chi connectivity index (χ2v) is 9.80. The quantitative estimate of drug-likeness (QED) is 0.515. The minimum atomic E-state index is -3.88. The highest BCUT2D eigenvalue weighted by molar-refractivity contribution is 7.94. The lowest BCUT2D eigenvalue weighted by molar-refractivity contribution is 0.0526. The molecule has 1 fully saturated rings. The number of hydrogen-bond acceptors (Lipinski definition) is 9. The van der Waals surface area contributed by atoms with Crippen molar-refractivity contribution >= 4 is 38.9 Å². The highest BCUT2D eigenvalue weighted by Crippen LogP contribution is 2.28. The summed E-state index contributed by atoms with van der Waals surface area (Å²) in [6.07, 6.45) is 1.88. The van der Waals surface area contributed by atoms with Gasteiger partial charge in [0, 0.05) is 29.7 Å². The Morgan fingerprint density at radius 3 is 2.62 bits per heavy atom. The third-order valence-corrected chi connectivity index (χ3v) is 7.57. The lowest BCUT2D eigenvalue weighted by Crippen LogP contribution is -2.27. The molecule has 0 unspecified atom stereocenters. The van der Waals surface area contributed by atoms with Crippen molar-refractivity contribution in [2.75, 3.05) is 24.4 Å². The molecule has 32 heavy (non-hydrogen) atoms. The summed E-state index contributed by atoms with van der Waals surface area (Å²) < 4.78 is 38.0. The summed E-state index contributed by atoms with van der Waals surface area (Å²) >= 11 is 0.987. The Balaban J connectivity index is 1.47. The first-order valence-corrected chi connectivity index (χ1v) is 12.3. The second kappa shape index (κ2) is 9.09. The molecule has 3 heterocycles. The van der Waals surface area contributed by atoms with Crippen LogP contribution in [0.1, 0.15) is 40.8 Å². The number of sulfonamides is 1. The summed E-state index contributed by atoms with van der Waals surface area (Å²) in [5.41, 5.74) is 1.05. The number of nitrogens with zero attached hydrogens (tertiary/aromatic N) is 3. The summed E-state index contributed by atoms with van der Waals surface area (Å²) in [7, 11) is -3.88. The highest BCUT2D eigenvalue weighted by atomic mass is 32.2. The summed E-state index contributed by atoms with van der Waals surface area (Å²) in [5, 5.41) is 5.39. The van der Waals surface area contributed by atoms with Crippen LogP contribution in [0.2, 0.25) is 0 Å². The fourth-order valence-corrected chi connectivity index (χ4v) is 5.37. The SMILES string of the molecule is CCOC(=O)c1ccc(NS(=O)(=O)c2cc(-c3noc(C(=O)N4CCCC4)n3)cs2)cc1. The number of rotatable bonds is 7. The van der Waals surface area contributed by atoms with Crippen molar-refractivity contribution < 1.29 is 27.3 Å². The number of nitrogens with one attached hydrogen (secondary N) is 1. The van der Waals surface area contributed by atoms with E-state index in [1.807, 2.05) is 0 Å². The Morgan fingerprint density at radius 1 is 1.22 bits per heavy atom. The van der Waals surface area contributed by atoms with Crippen molar-refractivity contribution in [1.82, 2.24) is 15.0 Å². The zero-order chi connectivity index (χ0) is 22.7. The molecule has 4 rings (SSSR count). The van der Waals surface area contributed by atoms with Crippen LogP contribution in [0.3, 0.4) is 0 Å². The molecule has 2 aromatic heterocycles. The number of aromatic nitrogens is 2. The molecule has 0 bridgehead atoms. The average molecular weight is 477 g/mol. The van der Waals surface area contributed by atoms with Crippen LogP contribution >= 0.6 is 11.3 Å². The van der Waals surface area contributed by atoms with Crippen LogP contribution in [0.15, 0.2) is 44.4 Å². The van der Waals surface area contributed by atoms with Gasteiger partial charge in [0.05, 0.1) is 12.2 Å². The predicted octanol–water partition coefficient (Wildman–Crippen LogP) is 3.01. The first-order chi connectivity index (χ1) is 15.4. The number of likely N-dealkylation sites (tertiary alicyclic amines) is 1. The van der Waals surface area contributed by atoms with Crippen molar-refractivity contribution in [3.63, 3.8) is 0 Å². The van der Waals surface area contributed by atoms with Gasteiger partial charge in [0.15, 0.2) is 0 Å². The monoisotopic (exact) mass is 476 g/mol. The molecule has 1 saturated heterocycles. The molecule has 1 N–H and O–H groups in total. The Labute approximate surface area is 188 Å². The normalized spacial score (nSPS) is 13.8. The van der Waals surface area contributed by atoms with Crippen molar-refractivity contribution in [3.8, 4) is 11.4 Å². The van der Waals surface area contributed by atoms with E-state index in [1.165, 1.54) is 30.3 Å². The van der Waals surface area contributed by atoms with E-state index in [4.69, 9.17) is 9.26 Å². The van der Waals surface area contributed by atoms with Gasteiger partial charge in [-0.3, -0.25) is 9.52 Å². The van der Waals surface area contributed by atoms with Gasteiger partial charge >= 0.3 is 17.8 Å². The van der Waals surface area contributed by atoms with Gasteiger partial charge in [-0.05, 0) is 50.1 Å². The van der Waals surface area contributed by atoms with E-state index in [0.717, 1.165) is 24.2 Å². The Kier molecular flexibility index (Phi) is 6.24. The molecule has 0 saturated carbocycles. The number of carbonyl (C=O) groups excluding carboxylic acids is 2. The number of hydrogen-bond donors (Lipinski definition) is 1. The van der Waals surface area contributed by atoms with Crippen LogP contribution in [0.4, 0.5) is 5.69 Å². The molecule has 1 aromatic carbocycles. The molecule has 12 heteroatoms. The zero-order valence-corrected chi connectivity index (χ0v) is 18.7. The van der Waals surface area contributed by atoms with Gasteiger partial charge in [0.1, 0.15) is 4.21 Å². The van der Waals surface area contributed by atoms with Crippen LogP contribution in [0.25, 0.3) is 11.4 Å². The summed E-state index contributed by atoms with van der Waals surface area (Å²) in [6, 6.07) is 7.33. The maximum atomic E-state index is 12.7. The van der Waals surface area contributed by atoms with Crippen molar-refractivity contribution in [2.45, 2.75) is 24.0 Å². The minimum absolute atomic E-state index is 0.0409. The van der Waals surface area contributed by atoms with Gasteiger partial charge in [-0.1, -0.05) is 5.16 Å². The number of anilines is 1. The topological polar surface area (TPSA) is 132 Å². The van der Waals surface area contributed by atoms with Crippen LogP contribution in [0.5, 0.6) is 0 Å². The molecular weight excluding hydrogens is 456 g/mol. The maximum Gasteiger partial charge on any atom is 0.338 e. The van der Waals surface area contributed by atoms with Crippen LogP contribution in [-0.4, -0.2) is 55.0 Å². The molecule has 0 aliphatic carbocycles. The molecule has 0 spiro atoms. The number of esters is 1. The van der Waals surface area contributed by atoms with Crippen molar-refractivity contribution in [3.05, 3.63) is 47.2 Å². The number of ether oxygens (including phenoxy) is 1. The van der Waals surface area contributed by atoms with Gasteiger partial charge in [-0.15, -0.1) is 11.3 Å². The van der Waals surface area contributed by atoms with Gasteiger partial charge < -0.3 is 14.2 Å². The average Bonchev–Trinajstić information content (AvgIpc) is 3.55. The molecule has 1 aliphatic heterocycles. The molecule has 3 aromatic rings. The predicted molar refractivity (Wildman–Crippen MR) is 116 cm³/mol. The third kappa shape index (κ3) is 4.65. The number of amides is 1. The summed E-state index contributed by atoms with van der Waals surface area (Å²) in [6.45, 7) is 3.27. The number of thiophene rings is 1. The maximum absolute atomic E-state index is 12.7. The minimum Gasteiger partial charge on any atom is -0.462 e. The molecule has 0 atom stereocenters. The smallest absolute Gasteiger partial charge is 0.338 e. The second-order valence-electron chi connectivity index (χ2n) is 6.98. The van der Waals surface area contributed by atoms with Gasteiger partial charge in [0.25, 0.3) is 10.0 Å². The molecule has 1 aliphatic rings. The van der Waals surface area contributed by atoms with E-state index in [0.29, 0.717) is 29.9 Å². The Hall–Kier alpha value is -3.25. The van der Waals surface area contributed by atoms with Gasteiger partial charge in [-0.2, -0.15) is 4.98 Å².